The van der Waals surface area contributed by atoms with Gasteiger partial charge >= 0.3 is 0 Å². The molecule has 0 aliphatic carbocycles. The second-order valence-corrected chi connectivity index (χ2v) is 6.12. The Balaban J connectivity index is 1.91. The maximum absolute atomic E-state index is 11.4. The number of amides is 1. The second-order valence-electron chi connectivity index (χ2n) is 4.58. The van der Waals surface area contributed by atoms with Gasteiger partial charge in [-0.25, -0.2) is 0 Å². The summed E-state index contributed by atoms with van der Waals surface area (Å²) in [5.74, 6) is 0.245. The first kappa shape index (κ1) is 12.9. The molecule has 1 aromatic heterocycles. The zero-order chi connectivity index (χ0) is 12.4. The minimum atomic E-state index is 0.245. The van der Waals surface area contributed by atoms with E-state index in [1.54, 1.807) is 16.2 Å². The first-order valence-electron chi connectivity index (χ1n) is 5.80. The van der Waals surface area contributed by atoms with E-state index in [0.717, 1.165) is 17.3 Å². The van der Waals surface area contributed by atoms with E-state index in [4.69, 9.17) is 11.6 Å². The van der Waals surface area contributed by atoms with Crippen LogP contribution >= 0.6 is 22.9 Å². The third kappa shape index (κ3) is 3.21. The van der Waals surface area contributed by atoms with Gasteiger partial charge in [-0.05, 0) is 30.4 Å². The fourth-order valence-electron chi connectivity index (χ4n) is 2.15. The van der Waals surface area contributed by atoms with Gasteiger partial charge in [0.05, 0.1) is 4.34 Å². The Morgan fingerprint density at radius 1 is 1.65 bits per heavy atom. The van der Waals surface area contributed by atoms with Crippen molar-refractivity contribution in [1.82, 2.24) is 10.2 Å². The molecule has 1 fully saturated rings. The lowest BCUT2D eigenvalue weighted by atomic mass is 10.0. The minimum Gasteiger partial charge on any atom is -0.344 e. The van der Waals surface area contributed by atoms with Crippen molar-refractivity contribution < 1.29 is 4.79 Å². The van der Waals surface area contributed by atoms with Crippen LogP contribution in [0.3, 0.4) is 0 Å². The predicted octanol–water partition coefficient (Wildman–Crippen LogP) is 2.67. The lowest BCUT2D eigenvalue weighted by Crippen LogP contribution is -2.47. The summed E-state index contributed by atoms with van der Waals surface area (Å²) in [7, 11) is 1.86. The van der Waals surface area contributed by atoms with Gasteiger partial charge in [0.1, 0.15) is 0 Å². The predicted molar refractivity (Wildman–Crippen MR) is 71.5 cm³/mol. The third-order valence-electron chi connectivity index (χ3n) is 3.20. The monoisotopic (exact) mass is 272 g/mol. The summed E-state index contributed by atoms with van der Waals surface area (Å²) in [5.41, 5.74) is 1.22. The van der Waals surface area contributed by atoms with Crippen molar-refractivity contribution in [3.63, 3.8) is 0 Å². The number of hydrogen-bond acceptors (Lipinski definition) is 3. The second kappa shape index (κ2) is 5.38. The van der Waals surface area contributed by atoms with Gasteiger partial charge in [-0.1, -0.05) is 11.6 Å². The number of nitrogens with one attached hydrogen (secondary N) is 1. The summed E-state index contributed by atoms with van der Waals surface area (Å²) >= 11 is 7.48. The Kier molecular flexibility index (Phi) is 4.07. The summed E-state index contributed by atoms with van der Waals surface area (Å²) in [6.45, 7) is 2.93. The molecule has 1 aliphatic rings. The molecule has 0 spiro atoms. The van der Waals surface area contributed by atoms with Gasteiger partial charge in [0.2, 0.25) is 5.91 Å². The summed E-state index contributed by atoms with van der Waals surface area (Å²) in [5, 5.41) is 5.63. The molecule has 0 aromatic carbocycles. The molecule has 2 heterocycles. The molecule has 5 heteroatoms. The number of thiophene rings is 1. The highest BCUT2D eigenvalue weighted by Crippen LogP contribution is 2.25. The molecule has 0 bridgehead atoms. The van der Waals surface area contributed by atoms with E-state index in [-0.39, 0.29) is 11.9 Å². The zero-order valence-electron chi connectivity index (χ0n) is 10.1. The van der Waals surface area contributed by atoms with Crippen LogP contribution in [0.5, 0.6) is 0 Å². The third-order valence-corrected chi connectivity index (χ3v) is 4.31. The fraction of sp³-hybridized carbons (Fsp3) is 0.583. The van der Waals surface area contributed by atoms with Crippen molar-refractivity contribution in [2.75, 3.05) is 13.6 Å². The smallest absolute Gasteiger partial charge is 0.222 e. The summed E-state index contributed by atoms with van der Waals surface area (Å²) < 4.78 is 0.824. The Morgan fingerprint density at radius 2 is 2.41 bits per heavy atom. The van der Waals surface area contributed by atoms with Gasteiger partial charge in [0, 0.05) is 32.1 Å². The quantitative estimate of drug-likeness (QED) is 0.918. The minimum absolute atomic E-state index is 0.245. The van der Waals surface area contributed by atoms with E-state index in [1.165, 1.54) is 5.56 Å². The molecule has 3 nitrogen and oxygen atoms in total. The van der Waals surface area contributed by atoms with E-state index in [1.807, 2.05) is 13.1 Å². The van der Waals surface area contributed by atoms with Crippen molar-refractivity contribution in [3.05, 3.63) is 21.3 Å². The van der Waals surface area contributed by atoms with Gasteiger partial charge in [0.25, 0.3) is 0 Å². The van der Waals surface area contributed by atoms with Gasteiger partial charge in [-0.2, -0.15) is 0 Å². The van der Waals surface area contributed by atoms with Crippen molar-refractivity contribution in [2.45, 2.75) is 31.8 Å². The molecule has 1 aromatic rings. The number of carbonyl (C=O) groups excluding carboxylic acids is 1. The van der Waals surface area contributed by atoms with Crippen molar-refractivity contribution >= 4 is 28.8 Å². The van der Waals surface area contributed by atoms with E-state index in [2.05, 4.69) is 17.6 Å². The number of halogens is 1. The number of likely N-dealkylation sites (tertiary alicyclic amines) is 1. The Morgan fingerprint density at radius 3 is 3.00 bits per heavy atom. The Labute approximate surface area is 111 Å². The molecule has 0 radical (unpaired) electrons. The van der Waals surface area contributed by atoms with Crippen molar-refractivity contribution in [1.29, 1.82) is 0 Å². The molecule has 2 atom stereocenters. The van der Waals surface area contributed by atoms with Gasteiger partial charge in [-0.15, -0.1) is 11.3 Å². The molecule has 94 valence electrons. The first-order valence-corrected chi connectivity index (χ1v) is 7.06. The summed E-state index contributed by atoms with van der Waals surface area (Å²) in [4.78, 5) is 13.2. The molecule has 1 aliphatic heterocycles. The van der Waals surface area contributed by atoms with Crippen molar-refractivity contribution in [2.24, 2.45) is 0 Å². The standard InChI is InChI=1S/C12H17ClN2OS/c1-8(9-5-11(13)17-7-9)14-10-3-4-12(16)15(2)6-10/h5,7-8,10,14H,3-4,6H2,1-2H3. The maximum Gasteiger partial charge on any atom is 0.222 e. The van der Waals surface area contributed by atoms with E-state index < -0.39 is 0 Å². The first-order chi connectivity index (χ1) is 8.06. The number of carbonyl (C=O) groups is 1. The molecule has 2 rings (SSSR count). The highest BCUT2D eigenvalue weighted by atomic mass is 35.5. The number of hydrogen-bond donors (Lipinski definition) is 1. The molecule has 1 amide bonds. The topological polar surface area (TPSA) is 32.3 Å². The Bertz CT molecular complexity index is 407. The maximum atomic E-state index is 11.4. The summed E-state index contributed by atoms with van der Waals surface area (Å²) in [6, 6.07) is 2.67. The Hall–Kier alpha value is -0.580. The van der Waals surface area contributed by atoms with Crippen LogP contribution < -0.4 is 5.32 Å². The van der Waals surface area contributed by atoms with Gasteiger partial charge in [-0.3, -0.25) is 4.79 Å². The highest BCUT2D eigenvalue weighted by molar-refractivity contribution is 7.14. The lowest BCUT2D eigenvalue weighted by Gasteiger charge is -2.32. The molecular formula is C12H17ClN2OS. The molecule has 1 saturated heterocycles. The van der Waals surface area contributed by atoms with E-state index in [9.17, 15) is 4.79 Å². The zero-order valence-corrected chi connectivity index (χ0v) is 11.6. The molecular weight excluding hydrogens is 256 g/mol. The molecule has 2 unspecified atom stereocenters. The van der Waals surface area contributed by atoms with Crippen molar-refractivity contribution in [3.8, 4) is 0 Å². The van der Waals surface area contributed by atoms with Crippen LogP contribution in [0.15, 0.2) is 11.4 Å². The number of nitrogens with zero attached hydrogens (tertiary/aromatic N) is 1. The van der Waals surface area contributed by atoms with Crippen LogP contribution in [0, 0.1) is 0 Å². The average Bonchev–Trinajstić information content (AvgIpc) is 2.70. The lowest BCUT2D eigenvalue weighted by molar-refractivity contribution is -0.132. The van der Waals surface area contributed by atoms with Gasteiger partial charge in [0.15, 0.2) is 0 Å². The van der Waals surface area contributed by atoms with Crippen LogP contribution in [0.25, 0.3) is 0 Å². The molecule has 0 saturated carbocycles. The van der Waals surface area contributed by atoms with Crippen LogP contribution in [0.4, 0.5) is 0 Å². The highest BCUT2D eigenvalue weighted by Gasteiger charge is 2.24. The fourth-order valence-corrected chi connectivity index (χ4v) is 3.13. The SMILES string of the molecule is CC(NC1CCC(=O)N(C)C1)c1csc(Cl)c1. The van der Waals surface area contributed by atoms with Crippen LogP contribution in [0.1, 0.15) is 31.4 Å². The van der Waals surface area contributed by atoms with Crippen LogP contribution in [0.2, 0.25) is 4.34 Å². The van der Waals surface area contributed by atoms with E-state index in [0.29, 0.717) is 12.5 Å². The molecule has 17 heavy (non-hydrogen) atoms. The number of rotatable bonds is 3. The number of likely N-dealkylation sites (N-methyl/N-ethyl adjacent to an activating group) is 1. The largest absolute Gasteiger partial charge is 0.344 e. The number of piperidine rings is 1. The van der Waals surface area contributed by atoms with Gasteiger partial charge < -0.3 is 10.2 Å². The van der Waals surface area contributed by atoms with Crippen LogP contribution in [-0.2, 0) is 4.79 Å². The average molecular weight is 273 g/mol. The van der Waals surface area contributed by atoms with E-state index >= 15 is 0 Å². The normalized spacial score (nSPS) is 22.9. The molecule has 1 N–H and O–H groups in total. The summed E-state index contributed by atoms with van der Waals surface area (Å²) in [6.07, 6.45) is 1.57. The van der Waals surface area contributed by atoms with Crippen LogP contribution in [-0.4, -0.2) is 30.4 Å².